The predicted octanol–water partition coefficient (Wildman–Crippen LogP) is 2.67. The summed E-state index contributed by atoms with van der Waals surface area (Å²) < 4.78 is 11.2. The predicted molar refractivity (Wildman–Crippen MR) is 87.9 cm³/mol. The van der Waals surface area contributed by atoms with E-state index in [2.05, 4.69) is 4.98 Å². The summed E-state index contributed by atoms with van der Waals surface area (Å²) in [4.78, 5) is 27.5. The van der Waals surface area contributed by atoms with Crippen molar-refractivity contribution in [3.63, 3.8) is 0 Å². The molecule has 25 heavy (non-hydrogen) atoms. The van der Waals surface area contributed by atoms with Gasteiger partial charge in [0.2, 0.25) is 0 Å². The highest BCUT2D eigenvalue weighted by molar-refractivity contribution is 5.93. The van der Waals surface area contributed by atoms with Crippen LogP contribution < -0.4 is 9.47 Å². The summed E-state index contributed by atoms with van der Waals surface area (Å²) >= 11 is 0. The number of benzene rings is 1. The number of rotatable bonds is 3. The fourth-order valence-electron chi connectivity index (χ4n) is 3.39. The molecule has 0 aliphatic carbocycles. The number of nitrogens with one attached hydrogen (secondary N) is 1. The fourth-order valence-corrected chi connectivity index (χ4v) is 3.39. The Bertz CT molecular complexity index is 831. The van der Waals surface area contributed by atoms with Crippen molar-refractivity contribution in [1.82, 2.24) is 9.88 Å². The van der Waals surface area contributed by atoms with Gasteiger partial charge in [-0.3, -0.25) is 14.9 Å². The van der Waals surface area contributed by atoms with Gasteiger partial charge in [0.1, 0.15) is 18.9 Å². The van der Waals surface area contributed by atoms with Crippen LogP contribution in [0, 0.1) is 10.1 Å². The second kappa shape index (κ2) is 6.12. The normalized spacial score (nSPS) is 19.0. The minimum absolute atomic E-state index is 0.0781. The van der Waals surface area contributed by atoms with Gasteiger partial charge in [-0.15, -0.1) is 0 Å². The first-order valence-corrected chi connectivity index (χ1v) is 8.17. The summed E-state index contributed by atoms with van der Waals surface area (Å²) in [6.07, 6.45) is 2.96. The van der Waals surface area contributed by atoms with Crippen molar-refractivity contribution >= 4 is 11.6 Å². The Balaban J connectivity index is 1.59. The molecule has 2 aliphatic rings. The lowest BCUT2D eigenvalue weighted by atomic mass is 10.0. The number of fused-ring (bicyclic) bond motifs is 1. The van der Waals surface area contributed by atoms with E-state index in [1.54, 1.807) is 4.90 Å². The third kappa shape index (κ3) is 2.79. The SMILES string of the molecule is O=C(c1cc([N+](=O)[O-])c[nH]1)N1CCC[C@H]1c1ccc2c(c1)OCCO2. The van der Waals surface area contributed by atoms with Gasteiger partial charge in [-0.1, -0.05) is 6.07 Å². The highest BCUT2D eigenvalue weighted by atomic mass is 16.6. The first-order chi connectivity index (χ1) is 12.1. The van der Waals surface area contributed by atoms with Gasteiger partial charge < -0.3 is 19.4 Å². The van der Waals surface area contributed by atoms with Gasteiger partial charge in [-0.2, -0.15) is 0 Å². The van der Waals surface area contributed by atoms with Gasteiger partial charge in [-0.05, 0) is 30.5 Å². The Hall–Kier alpha value is -3.03. The second-order valence-electron chi connectivity index (χ2n) is 6.09. The Labute approximate surface area is 143 Å². The second-order valence-corrected chi connectivity index (χ2v) is 6.09. The molecule has 3 heterocycles. The maximum Gasteiger partial charge on any atom is 0.287 e. The Morgan fingerprint density at radius 3 is 2.80 bits per heavy atom. The number of hydrogen-bond acceptors (Lipinski definition) is 5. The van der Waals surface area contributed by atoms with Crippen LogP contribution in [0.3, 0.4) is 0 Å². The molecule has 1 fully saturated rings. The number of nitrogens with zero attached hydrogens (tertiary/aromatic N) is 2. The van der Waals surface area contributed by atoms with Crippen LogP contribution in [0.4, 0.5) is 5.69 Å². The van der Waals surface area contributed by atoms with E-state index in [4.69, 9.17) is 9.47 Å². The Kier molecular flexibility index (Phi) is 3.79. The van der Waals surface area contributed by atoms with Crippen molar-refractivity contribution in [3.05, 3.63) is 51.8 Å². The summed E-state index contributed by atoms with van der Waals surface area (Å²) in [6, 6.07) is 6.93. The van der Waals surface area contributed by atoms with Crippen LogP contribution in [0.15, 0.2) is 30.5 Å². The first kappa shape index (κ1) is 15.5. The third-order valence-corrected chi connectivity index (χ3v) is 4.57. The van der Waals surface area contributed by atoms with Crippen LogP contribution in [0.5, 0.6) is 11.5 Å². The van der Waals surface area contributed by atoms with Crippen LogP contribution in [0.1, 0.15) is 34.9 Å². The molecule has 1 aromatic carbocycles. The van der Waals surface area contributed by atoms with Crippen LogP contribution in [-0.4, -0.2) is 40.5 Å². The highest BCUT2D eigenvalue weighted by Crippen LogP contribution is 2.38. The largest absolute Gasteiger partial charge is 0.486 e. The zero-order valence-electron chi connectivity index (χ0n) is 13.4. The summed E-state index contributed by atoms with van der Waals surface area (Å²) in [7, 11) is 0. The van der Waals surface area contributed by atoms with Crippen molar-refractivity contribution in [2.75, 3.05) is 19.8 Å². The number of carbonyl (C=O) groups is 1. The molecule has 1 saturated heterocycles. The number of aromatic amines is 1. The van der Waals surface area contributed by atoms with Crippen molar-refractivity contribution in [3.8, 4) is 11.5 Å². The molecule has 1 atom stereocenters. The van der Waals surface area contributed by atoms with Gasteiger partial charge >= 0.3 is 0 Å². The van der Waals surface area contributed by atoms with Crippen molar-refractivity contribution in [1.29, 1.82) is 0 Å². The van der Waals surface area contributed by atoms with Gasteiger partial charge in [-0.25, -0.2) is 0 Å². The quantitative estimate of drug-likeness (QED) is 0.682. The van der Waals surface area contributed by atoms with Crippen LogP contribution in [0.25, 0.3) is 0 Å². The van der Waals surface area contributed by atoms with E-state index in [1.807, 2.05) is 18.2 Å². The molecule has 1 aromatic heterocycles. The molecular weight excluding hydrogens is 326 g/mol. The average molecular weight is 343 g/mol. The van der Waals surface area contributed by atoms with E-state index >= 15 is 0 Å². The molecule has 1 amide bonds. The molecular formula is C17H17N3O5. The lowest BCUT2D eigenvalue weighted by molar-refractivity contribution is -0.384. The summed E-state index contributed by atoms with van der Waals surface area (Å²) in [5.74, 6) is 1.18. The summed E-state index contributed by atoms with van der Waals surface area (Å²) in [5, 5.41) is 10.8. The zero-order chi connectivity index (χ0) is 17.4. The molecule has 0 bridgehead atoms. The van der Waals surface area contributed by atoms with Crippen LogP contribution >= 0.6 is 0 Å². The third-order valence-electron chi connectivity index (χ3n) is 4.57. The zero-order valence-corrected chi connectivity index (χ0v) is 13.4. The van der Waals surface area contributed by atoms with E-state index in [1.165, 1.54) is 12.3 Å². The summed E-state index contributed by atoms with van der Waals surface area (Å²) in [5.41, 5.74) is 1.10. The molecule has 0 radical (unpaired) electrons. The lowest BCUT2D eigenvalue weighted by Crippen LogP contribution is -2.30. The van der Waals surface area contributed by atoms with E-state index < -0.39 is 4.92 Å². The van der Waals surface area contributed by atoms with E-state index in [0.717, 1.165) is 18.4 Å². The molecule has 130 valence electrons. The molecule has 1 N–H and O–H groups in total. The fraction of sp³-hybridized carbons (Fsp3) is 0.353. The lowest BCUT2D eigenvalue weighted by Gasteiger charge is -2.26. The number of H-pyrrole nitrogens is 1. The van der Waals surface area contributed by atoms with E-state index in [9.17, 15) is 14.9 Å². The maximum absolute atomic E-state index is 12.8. The number of carbonyl (C=O) groups excluding carboxylic acids is 1. The molecule has 2 aromatic rings. The number of amides is 1. The molecule has 4 rings (SSSR count). The minimum Gasteiger partial charge on any atom is -0.486 e. The monoisotopic (exact) mass is 343 g/mol. The minimum atomic E-state index is -0.518. The molecule has 0 spiro atoms. The first-order valence-electron chi connectivity index (χ1n) is 8.17. The maximum atomic E-state index is 12.8. The average Bonchev–Trinajstić information content (AvgIpc) is 3.30. The smallest absolute Gasteiger partial charge is 0.287 e. The molecule has 0 saturated carbocycles. The molecule has 0 unspecified atom stereocenters. The van der Waals surface area contributed by atoms with Crippen molar-refractivity contribution in [2.24, 2.45) is 0 Å². The number of hydrogen-bond donors (Lipinski definition) is 1. The van der Waals surface area contributed by atoms with Crippen LogP contribution in [0.2, 0.25) is 0 Å². The standard InChI is InChI=1S/C17H17N3O5/c21-17(13-9-12(10-18-13)20(22)23)19-5-1-2-14(19)11-3-4-15-16(8-11)25-7-6-24-15/h3-4,8-10,14,18H,1-2,5-7H2/t14-/m0/s1. The number of aromatic nitrogens is 1. The number of ether oxygens (including phenoxy) is 2. The Morgan fingerprint density at radius 1 is 1.24 bits per heavy atom. The van der Waals surface area contributed by atoms with Crippen molar-refractivity contribution in [2.45, 2.75) is 18.9 Å². The van der Waals surface area contributed by atoms with Crippen molar-refractivity contribution < 1.29 is 19.2 Å². The highest BCUT2D eigenvalue weighted by Gasteiger charge is 2.32. The van der Waals surface area contributed by atoms with Crippen LogP contribution in [-0.2, 0) is 0 Å². The Morgan fingerprint density at radius 2 is 2.04 bits per heavy atom. The van der Waals surface area contributed by atoms with E-state index in [0.29, 0.717) is 31.3 Å². The van der Waals surface area contributed by atoms with Gasteiger partial charge in [0, 0.05) is 12.6 Å². The molecule has 2 aliphatic heterocycles. The van der Waals surface area contributed by atoms with Gasteiger partial charge in [0.05, 0.1) is 17.2 Å². The van der Waals surface area contributed by atoms with Gasteiger partial charge in [0.25, 0.3) is 11.6 Å². The van der Waals surface area contributed by atoms with E-state index in [-0.39, 0.29) is 23.3 Å². The summed E-state index contributed by atoms with van der Waals surface area (Å²) in [6.45, 7) is 1.66. The number of likely N-dealkylation sites (tertiary alicyclic amines) is 1. The van der Waals surface area contributed by atoms with Gasteiger partial charge in [0.15, 0.2) is 11.5 Å². The molecule has 8 nitrogen and oxygen atoms in total. The molecule has 8 heteroatoms. The topological polar surface area (TPSA) is 97.7 Å². The number of nitro groups is 1.